The molecule has 0 spiro atoms. The van der Waals surface area contributed by atoms with Gasteiger partial charge in [-0.2, -0.15) is 10.1 Å². The van der Waals surface area contributed by atoms with E-state index >= 15 is 0 Å². The monoisotopic (exact) mass is 654 g/mol. The summed E-state index contributed by atoms with van der Waals surface area (Å²) < 4.78 is 0. The van der Waals surface area contributed by atoms with Crippen molar-refractivity contribution in [3.63, 3.8) is 0 Å². The second kappa shape index (κ2) is 14.4. The molecule has 2 unspecified atom stereocenters. The van der Waals surface area contributed by atoms with Crippen LogP contribution in [0.2, 0.25) is 10.0 Å². The molecule has 2 atom stereocenters. The molecule has 0 amide bonds. The van der Waals surface area contributed by atoms with Crippen LogP contribution in [0, 0.1) is 0 Å². The van der Waals surface area contributed by atoms with Gasteiger partial charge in [0.15, 0.2) is 0 Å². The molecule has 2 aliphatic heterocycles. The van der Waals surface area contributed by atoms with Crippen molar-refractivity contribution in [1.29, 1.82) is 0 Å². The normalized spacial score (nSPS) is 15.8. The van der Waals surface area contributed by atoms with E-state index in [0.29, 0.717) is 47.9 Å². The van der Waals surface area contributed by atoms with E-state index in [1.165, 1.54) is 10.1 Å². The number of hydrogen-bond acceptors (Lipinski definition) is 10. The largest absolute Gasteiger partial charge is 0.356 e. The SMILES string of the molecule is O=C(/C=C\C(=O)ON1CCN=C1C(c1ccc(Cl)cc1)c1ccccn1)ON1CCN=C1C(c1ccc(Cl)cc1)c1ccccn1. The van der Waals surface area contributed by atoms with Crippen molar-refractivity contribution in [2.75, 3.05) is 26.2 Å². The summed E-state index contributed by atoms with van der Waals surface area (Å²) >= 11 is 12.3. The van der Waals surface area contributed by atoms with Crippen molar-refractivity contribution >= 4 is 46.8 Å². The van der Waals surface area contributed by atoms with E-state index in [4.69, 9.17) is 32.9 Å². The Hall–Kier alpha value is -5.06. The molecule has 4 heterocycles. The fourth-order valence-electron chi connectivity index (χ4n) is 5.28. The van der Waals surface area contributed by atoms with Crippen molar-refractivity contribution in [3.05, 3.63) is 142 Å². The maximum Gasteiger partial charge on any atom is 0.356 e. The third-order valence-electron chi connectivity index (χ3n) is 7.31. The zero-order valence-corrected chi connectivity index (χ0v) is 26.0. The fourth-order valence-corrected chi connectivity index (χ4v) is 5.53. The van der Waals surface area contributed by atoms with Gasteiger partial charge in [0.25, 0.3) is 0 Å². The number of halogens is 2. The third-order valence-corrected chi connectivity index (χ3v) is 7.81. The number of hydroxylamine groups is 4. The molecule has 4 aromatic rings. The molecule has 2 aromatic carbocycles. The predicted octanol–water partition coefficient (Wildman–Crippen LogP) is 5.65. The second-order valence-corrected chi connectivity index (χ2v) is 11.2. The Kier molecular flexibility index (Phi) is 9.66. The minimum atomic E-state index is -0.759. The Bertz CT molecular complexity index is 1640. The number of rotatable bonds is 10. The highest BCUT2D eigenvalue weighted by Crippen LogP contribution is 2.31. The van der Waals surface area contributed by atoms with Gasteiger partial charge in [-0.25, -0.2) is 9.59 Å². The van der Waals surface area contributed by atoms with Gasteiger partial charge < -0.3 is 9.68 Å². The Labute approximate surface area is 275 Å². The van der Waals surface area contributed by atoms with Crippen LogP contribution < -0.4 is 0 Å². The zero-order chi connectivity index (χ0) is 31.9. The molecular formula is C34H28Cl2N6O4. The highest BCUT2D eigenvalue weighted by molar-refractivity contribution is 6.30. The summed E-state index contributed by atoms with van der Waals surface area (Å²) in [5, 5.41) is 4.06. The molecule has 0 bridgehead atoms. The van der Waals surface area contributed by atoms with Gasteiger partial charge in [0, 0.05) is 34.6 Å². The van der Waals surface area contributed by atoms with Crippen LogP contribution in [0.4, 0.5) is 0 Å². The lowest BCUT2D eigenvalue weighted by Crippen LogP contribution is -2.35. The molecule has 46 heavy (non-hydrogen) atoms. The van der Waals surface area contributed by atoms with Crippen LogP contribution >= 0.6 is 23.2 Å². The van der Waals surface area contributed by atoms with Gasteiger partial charge >= 0.3 is 11.9 Å². The molecule has 2 aromatic heterocycles. The number of aliphatic imine (C=N–C) groups is 2. The van der Waals surface area contributed by atoms with Gasteiger partial charge in [-0.1, -0.05) is 59.6 Å². The lowest BCUT2D eigenvalue weighted by atomic mass is 9.94. The third kappa shape index (κ3) is 7.25. The van der Waals surface area contributed by atoms with Crippen LogP contribution in [0.25, 0.3) is 0 Å². The van der Waals surface area contributed by atoms with Crippen molar-refractivity contribution in [1.82, 2.24) is 20.1 Å². The van der Waals surface area contributed by atoms with Crippen molar-refractivity contribution in [2.45, 2.75) is 11.8 Å². The predicted molar refractivity (Wildman–Crippen MR) is 174 cm³/mol. The van der Waals surface area contributed by atoms with Crippen LogP contribution in [0.15, 0.2) is 119 Å². The molecule has 2 aliphatic rings. The van der Waals surface area contributed by atoms with Gasteiger partial charge in [-0.3, -0.25) is 20.0 Å². The summed E-state index contributed by atoms with van der Waals surface area (Å²) in [4.78, 5) is 55.4. The van der Waals surface area contributed by atoms with Gasteiger partial charge in [0.2, 0.25) is 0 Å². The molecule has 0 saturated carbocycles. The maximum absolute atomic E-state index is 12.9. The summed E-state index contributed by atoms with van der Waals surface area (Å²) in [6, 6.07) is 25.9. The Morgan fingerprint density at radius 3 is 1.41 bits per heavy atom. The number of aromatic nitrogens is 2. The lowest BCUT2D eigenvalue weighted by molar-refractivity contribution is -0.167. The maximum atomic E-state index is 12.9. The first-order chi connectivity index (χ1) is 22.5. The molecule has 0 saturated heterocycles. The smallest absolute Gasteiger partial charge is 0.335 e. The van der Waals surface area contributed by atoms with Crippen molar-refractivity contribution < 1.29 is 19.3 Å². The zero-order valence-electron chi connectivity index (χ0n) is 24.4. The van der Waals surface area contributed by atoms with E-state index in [2.05, 4.69) is 20.0 Å². The molecule has 0 fully saturated rings. The minimum absolute atomic E-state index is 0.351. The average molecular weight is 656 g/mol. The number of carbonyl (C=O) groups is 2. The van der Waals surface area contributed by atoms with Gasteiger partial charge in [-0.15, -0.1) is 0 Å². The first kappa shape index (κ1) is 30.9. The number of hydrogen-bond donors (Lipinski definition) is 0. The highest BCUT2D eigenvalue weighted by atomic mass is 35.5. The fraction of sp³-hybridized carbons (Fsp3) is 0.176. The van der Waals surface area contributed by atoms with Crippen LogP contribution in [0.1, 0.15) is 34.4 Å². The quantitative estimate of drug-likeness (QED) is 0.202. The molecule has 12 heteroatoms. The topological polar surface area (TPSA) is 110 Å². The van der Waals surface area contributed by atoms with Crippen molar-refractivity contribution in [2.24, 2.45) is 9.98 Å². The summed E-state index contributed by atoms with van der Waals surface area (Å²) in [5.41, 5.74) is 3.23. The van der Waals surface area contributed by atoms with E-state index in [9.17, 15) is 9.59 Å². The number of pyridine rings is 2. The molecule has 0 aliphatic carbocycles. The molecule has 10 nitrogen and oxygen atoms in total. The molecule has 0 N–H and O–H groups in total. The lowest BCUT2D eigenvalue weighted by Gasteiger charge is -2.25. The van der Waals surface area contributed by atoms with E-state index < -0.39 is 23.8 Å². The van der Waals surface area contributed by atoms with Crippen LogP contribution in [0.5, 0.6) is 0 Å². The molecule has 6 rings (SSSR count). The number of benzene rings is 2. The van der Waals surface area contributed by atoms with Crippen LogP contribution in [-0.4, -0.2) is 69.9 Å². The average Bonchev–Trinajstić information content (AvgIpc) is 3.73. The van der Waals surface area contributed by atoms with Gasteiger partial charge in [0.1, 0.15) is 11.7 Å². The summed E-state index contributed by atoms with van der Waals surface area (Å²) in [6.45, 7) is 1.55. The van der Waals surface area contributed by atoms with Crippen molar-refractivity contribution in [3.8, 4) is 0 Å². The Balaban J connectivity index is 1.13. The molecular weight excluding hydrogens is 627 g/mol. The first-order valence-electron chi connectivity index (χ1n) is 14.5. The summed E-state index contributed by atoms with van der Waals surface area (Å²) in [5.74, 6) is -1.28. The van der Waals surface area contributed by atoms with Gasteiger partial charge in [-0.05, 0) is 59.7 Å². The molecule has 0 radical (unpaired) electrons. The van der Waals surface area contributed by atoms with E-state index in [0.717, 1.165) is 34.7 Å². The van der Waals surface area contributed by atoms with Gasteiger partial charge in [0.05, 0.1) is 49.4 Å². The van der Waals surface area contributed by atoms with Crippen LogP contribution in [0.3, 0.4) is 0 Å². The summed E-state index contributed by atoms with van der Waals surface area (Å²) in [6.07, 6.45) is 5.45. The number of amidine groups is 2. The van der Waals surface area contributed by atoms with E-state index in [1.807, 2.05) is 60.7 Å². The number of nitrogens with zero attached hydrogens (tertiary/aromatic N) is 6. The van der Waals surface area contributed by atoms with Crippen LogP contribution in [-0.2, 0) is 19.3 Å². The van der Waals surface area contributed by atoms with E-state index in [-0.39, 0.29) is 0 Å². The Morgan fingerprint density at radius 2 is 1.04 bits per heavy atom. The standard InChI is InChI=1S/C34H28Cl2N6O4/c35-25-11-7-23(8-12-25)31(27-5-1-3-17-37-27)33-39-19-21-41(33)45-29(43)15-16-30(44)46-42-22-20-40-34(42)32(28-6-2-4-18-38-28)24-9-13-26(36)14-10-24/h1-18,31-32H,19-22H2/b16-15-. The Morgan fingerprint density at radius 1 is 0.630 bits per heavy atom. The first-order valence-corrected chi connectivity index (χ1v) is 15.3. The minimum Gasteiger partial charge on any atom is -0.335 e. The number of carbonyl (C=O) groups excluding carboxylic acids is 2. The second-order valence-electron chi connectivity index (χ2n) is 10.3. The van der Waals surface area contributed by atoms with E-state index in [1.54, 1.807) is 36.7 Å². The summed E-state index contributed by atoms with van der Waals surface area (Å²) in [7, 11) is 0. The highest BCUT2D eigenvalue weighted by Gasteiger charge is 2.33. The molecule has 232 valence electrons.